The Labute approximate surface area is 186 Å². The molecule has 1 aromatic heterocycles. The zero-order chi connectivity index (χ0) is 18.8. The van der Waals surface area contributed by atoms with Gasteiger partial charge >= 0.3 is 29.6 Å². The maximum atomic E-state index is 11.4. The normalized spacial score (nSPS) is 12.7. The number of hydrogen-bond acceptors (Lipinski definition) is 5. The van der Waals surface area contributed by atoms with Gasteiger partial charge in [-0.2, -0.15) is 0 Å². The average Bonchev–Trinajstić information content (AvgIpc) is 3.10. The Balaban J connectivity index is 0.00000225. The van der Waals surface area contributed by atoms with Crippen molar-refractivity contribution >= 4 is 11.7 Å². The van der Waals surface area contributed by atoms with Gasteiger partial charge in [0.15, 0.2) is 5.75 Å². The van der Waals surface area contributed by atoms with Gasteiger partial charge in [0.1, 0.15) is 6.61 Å². The number of hydrogen-bond donors (Lipinski definition) is 0. The molecule has 0 unspecified atom stereocenters. The van der Waals surface area contributed by atoms with E-state index in [1.54, 1.807) is 6.07 Å². The van der Waals surface area contributed by atoms with Crippen LogP contribution in [0.15, 0.2) is 55.0 Å². The predicted molar refractivity (Wildman–Crippen MR) is 99.8 cm³/mol. The standard InChI is InChI=1S/C21H21N3O3.Na/c1-15-5-7-16(8-6-15)12-24-14-22-11-17(24)13-23-9-10-27-20-18(21(25)26)3-2-4-19(20)23;/h2-8,11,14H,9-10,12-13H2,1H3,(H,25,26);/q;+1/p-1. The third-order valence-electron chi connectivity index (χ3n) is 4.79. The van der Waals surface area contributed by atoms with Gasteiger partial charge in [-0.05, 0) is 24.6 Å². The van der Waals surface area contributed by atoms with E-state index >= 15 is 0 Å². The molecule has 7 heteroatoms. The van der Waals surface area contributed by atoms with Crippen molar-refractivity contribution in [2.75, 3.05) is 18.1 Å². The van der Waals surface area contributed by atoms with Crippen LogP contribution in [0.25, 0.3) is 0 Å². The zero-order valence-corrected chi connectivity index (χ0v) is 18.1. The minimum absolute atomic E-state index is 0. The molecule has 0 saturated carbocycles. The number of nitrogens with zero attached hydrogens (tertiary/aromatic N) is 3. The molecular formula is C21H20N3NaO3. The summed E-state index contributed by atoms with van der Waals surface area (Å²) in [5, 5.41) is 11.4. The van der Waals surface area contributed by atoms with E-state index in [4.69, 9.17) is 4.74 Å². The molecule has 6 nitrogen and oxygen atoms in total. The van der Waals surface area contributed by atoms with E-state index in [0.717, 1.165) is 17.9 Å². The molecule has 2 aromatic carbocycles. The van der Waals surface area contributed by atoms with Crippen LogP contribution >= 0.6 is 0 Å². The summed E-state index contributed by atoms with van der Waals surface area (Å²) in [6, 6.07) is 13.6. The van der Waals surface area contributed by atoms with Crippen molar-refractivity contribution < 1.29 is 44.2 Å². The molecule has 0 aliphatic carbocycles. The van der Waals surface area contributed by atoms with Crippen LogP contribution in [0.4, 0.5) is 5.69 Å². The molecule has 138 valence electrons. The number of carbonyl (C=O) groups excluding carboxylic acids is 1. The molecule has 0 fully saturated rings. The van der Waals surface area contributed by atoms with Crippen LogP contribution in [0.3, 0.4) is 0 Å². The number of imidazole rings is 1. The molecule has 0 saturated heterocycles. The Morgan fingerprint density at radius 2 is 1.96 bits per heavy atom. The van der Waals surface area contributed by atoms with Crippen molar-refractivity contribution in [3.63, 3.8) is 0 Å². The topological polar surface area (TPSA) is 70.4 Å². The van der Waals surface area contributed by atoms with Gasteiger partial charge in [-0.25, -0.2) is 4.98 Å². The largest absolute Gasteiger partial charge is 1.00 e. The van der Waals surface area contributed by atoms with E-state index < -0.39 is 5.97 Å². The van der Waals surface area contributed by atoms with Gasteiger partial charge in [0.2, 0.25) is 0 Å². The number of carboxylic acids is 1. The summed E-state index contributed by atoms with van der Waals surface area (Å²) < 4.78 is 7.73. The predicted octanol–water partition coefficient (Wildman–Crippen LogP) is -0.994. The maximum Gasteiger partial charge on any atom is 1.00 e. The molecule has 0 spiro atoms. The van der Waals surface area contributed by atoms with E-state index in [1.807, 2.05) is 18.6 Å². The quantitative estimate of drug-likeness (QED) is 0.528. The summed E-state index contributed by atoms with van der Waals surface area (Å²) in [5.74, 6) is -0.841. The Hall–Kier alpha value is -2.28. The van der Waals surface area contributed by atoms with Crippen molar-refractivity contribution in [1.29, 1.82) is 0 Å². The number of aryl methyl sites for hydroxylation is 1. The summed E-state index contributed by atoms with van der Waals surface area (Å²) in [6.07, 6.45) is 3.68. The first-order chi connectivity index (χ1) is 13.1. The van der Waals surface area contributed by atoms with E-state index in [-0.39, 0.29) is 35.1 Å². The van der Waals surface area contributed by atoms with Crippen molar-refractivity contribution in [3.8, 4) is 5.75 Å². The fourth-order valence-corrected chi connectivity index (χ4v) is 3.34. The summed E-state index contributed by atoms with van der Waals surface area (Å²) in [6.45, 7) is 4.55. The van der Waals surface area contributed by atoms with Gasteiger partial charge in [-0.3, -0.25) is 0 Å². The second-order valence-electron chi connectivity index (χ2n) is 6.71. The summed E-state index contributed by atoms with van der Waals surface area (Å²) >= 11 is 0. The average molecular weight is 385 g/mol. The van der Waals surface area contributed by atoms with Gasteiger partial charge < -0.3 is 24.1 Å². The molecule has 0 N–H and O–H groups in total. The minimum atomic E-state index is -1.22. The monoisotopic (exact) mass is 385 g/mol. The number of fused-ring (bicyclic) bond motifs is 1. The molecular weight excluding hydrogens is 365 g/mol. The number of aromatic carboxylic acids is 1. The van der Waals surface area contributed by atoms with E-state index in [0.29, 0.717) is 25.4 Å². The van der Waals surface area contributed by atoms with Crippen LogP contribution in [0.5, 0.6) is 5.75 Å². The Bertz CT molecular complexity index is 969. The molecule has 1 aliphatic heterocycles. The molecule has 0 atom stereocenters. The number of aromatic nitrogens is 2. The number of carbonyl (C=O) groups is 1. The number of rotatable bonds is 5. The molecule has 0 radical (unpaired) electrons. The molecule has 2 heterocycles. The summed E-state index contributed by atoms with van der Waals surface area (Å²) in [5.41, 5.74) is 4.36. The Morgan fingerprint density at radius 1 is 1.18 bits per heavy atom. The van der Waals surface area contributed by atoms with Crippen molar-refractivity contribution in [1.82, 2.24) is 9.55 Å². The number of ether oxygens (including phenoxy) is 1. The first-order valence-electron chi connectivity index (χ1n) is 8.88. The first kappa shape index (κ1) is 20.5. The Kier molecular flexibility index (Phi) is 6.44. The molecule has 4 rings (SSSR count). The van der Waals surface area contributed by atoms with E-state index in [1.165, 1.54) is 17.2 Å². The fraction of sp³-hybridized carbons (Fsp3) is 0.238. The number of anilines is 1. The number of carboxylic acid groups (broad SMARTS) is 1. The molecule has 3 aromatic rings. The zero-order valence-electron chi connectivity index (χ0n) is 16.1. The molecule has 0 amide bonds. The van der Waals surface area contributed by atoms with Crippen LogP contribution in [0.1, 0.15) is 27.2 Å². The molecule has 28 heavy (non-hydrogen) atoms. The van der Waals surface area contributed by atoms with Crippen LogP contribution in [0.2, 0.25) is 0 Å². The van der Waals surface area contributed by atoms with Gasteiger partial charge in [-0.1, -0.05) is 35.9 Å². The third-order valence-corrected chi connectivity index (χ3v) is 4.79. The van der Waals surface area contributed by atoms with Crippen LogP contribution in [0, 0.1) is 6.92 Å². The fourth-order valence-electron chi connectivity index (χ4n) is 3.34. The SMILES string of the molecule is Cc1ccc(Cn2cncc2CN2CCOc3c(C(=O)[O-])cccc32)cc1.[Na+]. The number of benzene rings is 2. The molecule has 1 aliphatic rings. The molecule has 0 bridgehead atoms. The summed E-state index contributed by atoms with van der Waals surface area (Å²) in [7, 11) is 0. The third kappa shape index (κ3) is 4.24. The second-order valence-corrected chi connectivity index (χ2v) is 6.71. The van der Waals surface area contributed by atoms with Crippen LogP contribution in [-0.2, 0) is 13.1 Å². The van der Waals surface area contributed by atoms with Crippen molar-refractivity contribution in [3.05, 3.63) is 77.4 Å². The van der Waals surface area contributed by atoms with Gasteiger partial charge in [0.05, 0.1) is 36.8 Å². The van der Waals surface area contributed by atoms with Gasteiger partial charge in [0, 0.05) is 18.3 Å². The Morgan fingerprint density at radius 3 is 2.71 bits per heavy atom. The van der Waals surface area contributed by atoms with Gasteiger partial charge in [0.25, 0.3) is 0 Å². The van der Waals surface area contributed by atoms with E-state index in [9.17, 15) is 9.90 Å². The van der Waals surface area contributed by atoms with E-state index in [2.05, 4.69) is 45.6 Å². The van der Waals surface area contributed by atoms with Crippen molar-refractivity contribution in [2.45, 2.75) is 20.0 Å². The smallest absolute Gasteiger partial charge is 0.545 e. The van der Waals surface area contributed by atoms with Crippen molar-refractivity contribution in [2.24, 2.45) is 0 Å². The minimum Gasteiger partial charge on any atom is -0.545 e. The first-order valence-corrected chi connectivity index (χ1v) is 8.88. The summed E-state index contributed by atoms with van der Waals surface area (Å²) in [4.78, 5) is 17.8. The van der Waals surface area contributed by atoms with Crippen LogP contribution < -0.4 is 44.3 Å². The maximum absolute atomic E-state index is 11.4. The van der Waals surface area contributed by atoms with Gasteiger partial charge in [-0.15, -0.1) is 0 Å². The second kappa shape index (κ2) is 8.82. The number of para-hydroxylation sites is 1. The van der Waals surface area contributed by atoms with Crippen LogP contribution in [-0.4, -0.2) is 28.7 Å².